The highest BCUT2D eigenvalue weighted by atomic mass is 35.7. The van der Waals surface area contributed by atoms with Gasteiger partial charge in [0.2, 0.25) is 0 Å². The van der Waals surface area contributed by atoms with Gasteiger partial charge in [-0.3, -0.25) is 0 Å². The fourth-order valence-electron chi connectivity index (χ4n) is 1.52. The van der Waals surface area contributed by atoms with E-state index in [-0.39, 0.29) is 16.5 Å². The highest BCUT2D eigenvalue weighted by Gasteiger charge is 2.10. The molecule has 0 unspecified atom stereocenters. The van der Waals surface area contributed by atoms with Crippen LogP contribution in [0, 0.1) is 5.82 Å². The Bertz CT molecular complexity index is 715. The minimum atomic E-state index is -3.76. The zero-order valence-corrected chi connectivity index (χ0v) is 12.3. The van der Waals surface area contributed by atoms with Gasteiger partial charge >= 0.3 is 0 Å². The van der Waals surface area contributed by atoms with Crippen molar-refractivity contribution in [1.82, 2.24) is 0 Å². The molecular formula is C13H9Cl2FO3S. The van der Waals surface area contributed by atoms with Crippen molar-refractivity contribution in [3.8, 4) is 5.75 Å². The van der Waals surface area contributed by atoms with Gasteiger partial charge in [-0.25, -0.2) is 12.8 Å². The summed E-state index contributed by atoms with van der Waals surface area (Å²) in [5.41, 5.74) is 0.312. The van der Waals surface area contributed by atoms with Crippen molar-refractivity contribution in [2.45, 2.75) is 11.5 Å². The van der Waals surface area contributed by atoms with Gasteiger partial charge in [-0.05, 0) is 30.3 Å². The molecule has 3 nitrogen and oxygen atoms in total. The summed E-state index contributed by atoms with van der Waals surface area (Å²) in [4.78, 5) is -0.0274. The van der Waals surface area contributed by atoms with Gasteiger partial charge in [0.1, 0.15) is 18.2 Å². The lowest BCUT2D eigenvalue weighted by atomic mass is 10.2. The summed E-state index contributed by atoms with van der Waals surface area (Å²) in [6.07, 6.45) is 0. The van der Waals surface area contributed by atoms with Crippen molar-refractivity contribution in [2.24, 2.45) is 0 Å². The van der Waals surface area contributed by atoms with Gasteiger partial charge in [0, 0.05) is 16.2 Å². The maximum Gasteiger partial charge on any atom is 0.261 e. The van der Waals surface area contributed by atoms with Crippen LogP contribution in [0.4, 0.5) is 4.39 Å². The Morgan fingerprint density at radius 3 is 2.35 bits per heavy atom. The summed E-state index contributed by atoms with van der Waals surface area (Å²) in [6.45, 7) is -0.0145. The third kappa shape index (κ3) is 3.62. The van der Waals surface area contributed by atoms with Crippen molar-refractivity contribution in [3.63, 3.8) is 0 Å². The van der Waals surface area contributed by atoms with Gasteiger partial charge in [0.25, 0.3) is 9.05 Å². The molecule has 2 rings (SSSR count). The maximum absolute atomic E-state index is 13.6. The number of ether oxygens (including phenoxy) is 1. The van der Waals surface area contributed by atoms with Crippen LogP contribution in [0.3, 0.4) is 0 Å². The van der Waals surface area contributed by atoms with Crippen molar-refractivity contribution < 1.29 is 17.5 Å². The van der Waals surface area contributed by atoms with E-state index in [0.29, 0.717) is 11.3 Å². The lowest BCUT2D eigenvalue weighted by Gasteiger charge is -2.08. The maximum atomic E-state index is 13.6. The fraction of sp³-hybridized carbons (Fsp3) is 0.0769. The lowest BCUT2D eigenvalue weighted by molar-refractivity contribution is 0.299. The molecular weight excluding hydrogens is 326 g/mol. The predicted molar refractivity (Wildman–Crippen MR) is 75.2 cm³/mol. The van der Waals surface area contributed by atoms with E-state index in [4.69, 9.17) is 27.0 Å². The Morgan fingerprint density at radius 2 is 1.75 bits per heavy atom. The molecule has 0 aliphatic carbocycles. The molecule has 0 bridgehead atoms. The Labute approximate surface area is 125 Å². The number of benzene rings is 2. The Kier molecular flexibility index (Phi) is 4.52. The average Bonchev–Trinajstić information content (AvgIpc) is 2.40. The molecule has 0 fully saturated rings. The predicted octanol–water partition coefficient (Wildman–Crippen LogP) is 3.99. The van der Waals surface area contributed by atoms with E-state index < -0.39 is 14.9 Å². The van der Waals surface area contributed by atoms with Crippen LogP contribution in [0.2, 0.25) is 5.02 Å². The summed E-state index contributed by atoms with van der Waals surface area (Å²) in [5.74, 6) is -0.137. The molecule has 106 valence electrons. The first-order chi connectivity index (χ1) is 9.38. The van der Waals surface area contributed by atoms with E-state index in [2.05, 4.69) is 0 Å². The standard InChI is InChI=1S/C13H9Cl2FO3S/c14-12-3-1-2-9(13(12)16)8-19-10-4-6-11(7-5-10)20(15,17)18/h1-7H,8H2. The van der Waals surface area contributed by atoms with Crippen LogP contribution < -0.4 is 4.74 Å². The van der Waals surface area contributed by atoms with E-state index in [9.17, 15) is 12.8 Å². The average molecular weight is 335 g/mol. The second-order valence-electron chi connectivity index (χ2n) is 3.91. The van der Waals surface area contributed by atoms with Gasteiger partial charge in [-0.2, -0.15) is 0 Å². The van der Waals surface area contributed by atoms with Crippen LogP contribution in [-0.2, 0) is 15.7 Å². The normalized spacial score (nSPS) is 11.3. The van der Waals surface area contributed by atoms with Crippen molar-refractivity contribution in [2.75, 3.05) is 0 Å². The summed E-state index contributed by atoms with van der Waals surface area (Å²) in [5, 5.41) is 0.0229. The monoisotopic (exact) mass is 334 g/mol. The summed E-state index contributed by atoms with van der Waals surface area (Å²) >= 11 is 5.65. The molecule has 2 aromatic carbocycles. The van der Waals surface area contributed by atoms with Gasteiger partial charge < -0.3 is 4.74 Å². The van der Waals surface area contributed by atoms with Crippen molar-refractivity contribution >= 4 is 31.3 Å². The summed E-state index contributed by atoms with van der Waals surface area (Å²) in [7, 11) is 1.43. The molecule has 0 radical (unpaired) electrons. The van der Waals surface area contributed by atoms with Crippen LogP contribution in [0.5, 0.6) is 5.75 Å². The molecule has 0 aliphatic heterocycles. The molecule has 0 aromatic heterocycles. The van der Waals surface area contributed by atoms with E-state index in [1.807, 2.05) is 0 Å². The molecule has 0 heterocycles. The van der Waals surface area contributed by atoms with Crippen LogP contribution in [0.25, 0.3) is 0 Å². The van der Waals surface area contributed by atoms with Crippen LogP contribution >= 0.6 is 22.3 Å². The topological polar surface area (TPSA) is 43.4 Å². The number of hydrogen-bond acceptors (Lipinski definition) is 3. The molecule has 0 N–H and O–H groups in total. The molecule has 0 amide bonds. The number of hydrogen-bond donors (Lipinski definition) is 0. The minimum absolute atomic E-state index is 0.0145. The lowest BCUT2D eigenvalue weighted by Crippen LogP contribution is -1.99. The van der Waals surface area contributed by atoms with Crippen molar-refractivity contribution in [3.05, 3.63) is 58.9 Å². The number of halogens is 3. The molecule has 2 aromatic rings. The Morgan fingerprint density at radius 1 is 1.10 bits per heavy atom. The van der Waals surface area contributed by atoms with E-state index in [1.165, 1.54) is 30.3 Å². The van der Waals surface area contributed by atoms with Crippen LogP contribution in [0.15, 0.2) is 47.4 Å². The zero-order chi connectivity index (χ0) is 14.8. The molecule has 20 heavy (non-hydrogen) atoms. The largest absolute Gasteiger partial charge is 0.489 e. The third-order valence-electron chi connectivity index (χ3n) is 2.53. The van der Waals surface area contributed by atoms with Gasteiger partial charge in [-0.1, -0.05) is 23.7 Å². The Balaban J connectivity index is 2.10. The first-order valence-corrected chi connectivity index (χ1v) is 8.17. The third-order valence-corrected chi connectivity index (χ3v) is 4.19. The molecule has 0 saturated carbocycles. The fourth-order valence-corrected chi connectivity index (χ4v) is 2.48. The molecule has 0 spiro atoms. The molecule has 7 heteroatoms. The second-order valence-corrected chi connectivity index (χ2v) is 6.88. The van der Waals surface area contributed by atoms with Crippen molar-refractivity contribution in [1.29, 1.82) is 0 Å². The molecule has 0 saturated heterocycles. The minimum Gasteiger partial charge on any atom is -0.489 e. The van der Waals surface area contributed by atoms with Crippen LogP contribution in [0.1, 0.15) is 5.56 Å². The van der Waals surface area contributed by atoms with Crippen LogP contribution in [-0.4, -0.2) is 8.42 Å². The van der Waals surface area contributed by atoms with Gasteiger partial charge in [0.05, 0.1) is 9.92 Å². The second kappa shape index (κ2) is 5.99. The summed E-state index contributed by atoms with van der Waals surface area (Å²) in [6, 6.07) is 10.1. The van der Waals surface area contributed by atoms with Gasteiger partial charge in [-0.15, -0.1) is 0 Å². The highest BCUT2D eigenvalue weighted by molar-refractivity contribution is 8.13. The van der Waals surface area contributed by atoms with Gasteiger partial charge in [0.15, 0.2) is 0 Å². The first-order valence-electron chi connectivity index (χ1n) is 5.48. The summed E-state index contributed by atoms with van der Waals surface area (Å²) < 4.78 is 41.1. The quantitative estimate of drug-likeness (QED) is 0.794. The highest BCUT2D eigenvalue weighted by Crippen LogP contribution is 2.22. The Hall–Kier alpha value is -1.30. The number of rotatable bonds is 4. The molecule has 0 atom stereocenters. The van der Waals surface area contributed by atoms with E-state index >= 15 is 0 Å². The molecule has 0 aliphatic rings. The smallest absolute Gasteiger partial charge is 0.261 e. The zero-order valence-electron chi connectivity index (χ0n) is 10.0. The SMILES string of the molecule is O=S(=O)(Cl)c1ccc(OCc2cccc(Cl)c2F)cc1. The van der Waals surface area contributed by atoms with E-state index in [1.54, 1.807) is 12.1 Å². The first kappa shape index (κ1) is 15.1. The van der Waals surface area contributed by atoms with E-state index in [0.717, 1.165) is 0 Å².